The van der Waals surface area contributed by atoms with Crippen molar-refractivity contribution >= 4 is 52.2 Å². The Labute approximate surface area is 187 Å². The molecule has 3 rings (SSSR count). The SMILES string of the molecule is COc1ccc(NC(=O)c2nnc(CSCC(=O)NCc3ccc(Cl)cc3)s2)cc1. The van der Waals surface area contributed by atoms with E-state index in [4.69, 9.17) is 16.3 Å². The van der Waals surface area contributed by atoms with Gasteiger partial charge in [-0.15, -0.1) is 22.0 Å². The van der Waals surface area contributed by atoms with E-state index in [0.717, 1.165) is 5.56 Å². The summed E-state index contributed by atoms with van der Waals surface area (Å²) in [6.45, 7) is 0.449. The lowest BCUT2D eigenvalue weighted by Gasteiger charge is -2.05. The van der Waals surface area contributed by atoms with Crippen molar-refractivity contribution in [2.24, 2.45) is 0 Å². The highest BCUT2D eigenvalue weighted by Gasteiger charge is 2.13. The Hall–Kier alpha value is -2.62. The van der Waals surface area contributed by atoms with Crippen LogP contribution in [0.1, 0.15) is 20.4 Å². The molecule has 0 aliphatic heterocycles. The van der Waals surface area contributed by atoms with Gasteiger partial charge in [-0.1, -0.05) is 35.1 Å². The van der Waals surface area contributed by atoms with Gasteiger partial charge in [-0.05, 0) is 42.0 Å². The van der Waals surface area contributed by atoms with Crippen LogP contribution in [-0.2, 0) is 17.1 Å². The minimum Gasteiger partial charge on any atom is -0.497 e. The van der Waals surface area contributed by atoms with Crippen molar-refractivity contribution in [2.45, 2.75) is 12.3 Å². The molecule has 1 heterocycles. The normalized spacial score (nSPS) is 10.5. The average Bonchev–Trinajstić information content (AvgIpc) is 3.23. The van der Waals surface area contributed by atoms with Crippen molar-refractivity contribution in [1.29, 1.82) is 0 Å². The molecule has 3 aromatic rings. The third-order valence-corrected chi connectivity index (χ3v) is 6.17. The van der Waals surface area contributed by atoms with Crippen LogP contribution in [0, 0.1) is 0 Å². The van der Waals surface area contributed by atoms with Crippen molar-refractivity contribution in [1.82, 2.24) is 15.5 Å². The van der Waals surface area contributed by atoms with Crippen LogP contribution < -0.4 is 15.4 Å². The van der Waals surface area contributed by atoms with Crippen LogP contribution in [0.5, 0.6) is 5.75 Å². The highest BCUT2D eigenvalue weighted by molar-refractivity contribution is 7.99. The number of anilines is 1. The first-order chi connectivity index (χ1) is 14.5. The molecule has 30 heavy (non-hydrogen) atoms. The van der Waals surface area contributed by atoms with Crippen molar-refractivity contribution in [2.75, 3.05) is 18.2 Å². The number of hydrogen-bond donors (Lipinski definition) is 2. The standard InChI is InChI=1S/C20H19ClN4O3S2/c1-28-16-8-6-15(7-9-16)23-19(27)20-25-24-18(30-20)12-29-11-17(26)22-10-13-2-4-14(21)5-3-13/h2-9H,10-12H2,1H3,(H,22,26)(H,23,27). The van der Waals surface area contributed by atoms with Gasteiger partial charge < -0.3 is 15.4 Å². The Balaban J connectivity index is 1.40. The predicted molar refractivity (Wildman–Crippen MR) is 120 cm³/mol. The van der Waals surface area contributed by atoms with E-state index in [1.165, 1.54) is 23.1 Å². The lowest BCUT2D eigenvalue weighted by Crippen LogP contribution is -2.24. The third kappa shape index (κ3) is 6.72. The number of nitrogens with one attached hydrogen (secondary N) is 2. The largest absolute Gasteiger partial charge is 0.497 e. The van der Waals surface area contributed by atoms with Crippen molar-refractivity contribution in [3.63, 3.8) is 0 Å². The first kappa shape index (κ1) is 22.1. The van der Waals surface area contributed by atoms with Gasteiger partial charge in [0.25, 0.3) is 5.91 Å². The van der Waals surface area contributed by atoms with Gasteiger partial charge in [-0.3, -0.25) is 9.59 Å². The zero-order chi connectivity index (χ0) is 21.3. The fraction of sp³-hybridized carbons (Fsp3) is 0.200. The fourth-order valence-electron chi connectivity index (χ4n) is 2.35. The average molecular weight is 463 g/mol. The number of halogens is 1. The van der Waals surface area contributed by atoms with Crippen LogP contribution in [0.25, 0.3) is 0 Å². The molecule has 156 valence electrons. The molecule has 0 radical (unpaired) electrons. The summed E-state index contributed by atoms with van der Waals surface area (Å²) in [4.78, 5) is 24.3. The van der Waals surface area contributed by atoms with Gasteiger partial charge in [-0.2, -0.15) is 0 Å². The van der Waals surface area contributed by atoms with Crippen LogP contribution in [0.2, 0.25) is 5.02 Å². The maximum absolute atomic E-state index is 12.3. The predicted octanol–water partition coefficient (Wildman–Crippen LogP) is 4.00. The van der Waals surface area contributed by atoms with Gasteiger partial charge in [0.1, 0.15) is 10.8 Å². The van der Waals surface area contributed by atoms with Crippen LogP contribution >= 0.6 is 34.7 Å². The van der Waals surface area contributed by atoms with Gasteiger partial charge >= 0.3 is 0 Å². The zero-order valence-corrected chi connectivity index (χ0v) is 18.4. The lowest BCUT2D eigenvalue weighted by molar-refractivity contribution is -0.118. The van der Waals surface area contributed by atoms with E-state index < -0.39 is 0 Å². The zero-order valence-electron chi connectivity index (χ0n) is 16.1. The number of methoxy groups -OCH3 is 1. The molecule has 2 amide bonds. The van der Waals surface area contributed by atoms with Gasteiger partial charge in [-0.25, -0.2) is 0 Å². The van der Waals surface area contributed by atoms with Crippen LogP contribution in [0.15, 0.2) is 48.5 Å². The molecule has 2 aromatic carbocycles. The Bertz CT molecular complexity index is 994. The summed E-state index contributed by atoms with van der Waals surface area (Å²) in [5.74, 6) is 1.11. The maximum Gasteiger partial charge on any atom is 0.286 e. The minimum atomic E-state index is -0.324. The summed E-state index contributed by atoms with van der Waals surface area (Å²) >= 11 is 8.47. The van der Waals surface area contributed by atoms with E-state index in [9.17, 15) is 9.59 Å². The monoisotopic (exact) mass is 462 g/mol. The Kier molecular flexibility index (Phi) is 8.06. The smallest absolute Gasteiger partial charge is 0.286 e. The minimum absolute atomic E-state index is 0.0723. The highest BCUT2D eigenvalue weighted by atomic mass is 35.5. The summed E-state index contributed by atoms with van der Waals surface area (Å²) in [5.41, 5.74) is 1.62. The van der Waals surface area contributed by atoms with Gasteiger partial charge in [0.15, 0.2) is 0 Å². The van der Waals surface area contributed by atoms with Crippen LogP contribution in [0.3, 0.4) is 0 Å². The van der Waals surface area contributed by atoms with E-state index in [0.29, 0.717) is 39.5 Å². The Morgan fingerprint density at radius 2 is 1.83 bits per heavy atom. The summed E-state index contributed by atoms with van der Waals surface area (Å²) in [6.07, 6.45) is 0. The number of hydrogen-bond acceptors (Lipinski definition) is 7. The Morgan fingerprint density at radius 3 is 2.53 bits per heavy atom. The van der Waals surface area contributed by atoms with Crippen molar-refractivity contribution in [3.05, 3.63) is 69.1 Å². The number of thioether (sulfide) groups is 1. The summed E-state index contributed by atoms with van der Waals surface area (Å²) in [7, 11) is 1.58. The molecule has 10 heteroatoms. The molecule has 0 aliphatic carbocycles. The van der Waals surface area contributed by atoms with E-state index in [1.54, 1.807) is 43.5 Å². The number of nitrogens with zero attached hydrogens (tertiary/aromatic N) is 2. The van der Waals surface area contributed by atoms with Crippen molar-refractivity contribution in [3.8, 4) is 5.75 Å². The number of amides is 2. The van der Waals surface area contributed by atoms with E-state index in [-0.39, 0.29) is 16.8 Å². The fourth-order valence-corrected chi connectivity index (χ4v) is 4.11. The number of rotatable bonds is 9. The molecule has 0 bridgehead atoms. The quantitative estimate of drug-likeness (QED) is 0.499. The van der Waals surface area contributed by atoms with Gasteiger partial charge in [0.05, 0.1) is 12.9 Å². The molecule has 1 aromatic heterocycles. The molecule has 0 spiro atoms. The van der Waals surface area contributed by atoms with Gasteiger partial charge in [0.2, 0.25) is 10.9 Å². The molecule has 2 N–H and O–H groups in total. The van der Waals surface area contributed by atoms with Crippen molar-refractivity contribution < 1.29 is 14.3 Å². The molecule has 7 nitrogen and oxygen atoms in total. The molecule has 0 atom stereocenters. The first-order valence-electron chi connectivity index (χ1n) is 8.90. The topological polar surface area (TPSA) is 93.2 Å². The van der Waals surface area contributed by atoms with Crippen LogP contribution in [-0.4, -0.2) is 34.9 Å². The molecule has 0 saturated heterocycles. The molecule has 0 aliphatic rings. The van der Waals surface area contributed by atoms with Gasteiger partial charge in [0, 0.05) is 23.0 Å². The second-order valence-electron chi connectivity index (χ2n) is 6.08. The van der Waals surface area contributed by atoms with E-state index in [2.05, 4.69) is 20.8 Å². The molecule has 0 fully saturated rings. The summed E-state index contributed by atoms with van der Waals surface area (Å²) < 4.78 is 5.09. The maximum atomic E-state index is 12.3. The van der Waals surface area contributed by atoms with Crippen LogP contribution in [0.4, 0.5) is 5.69 Å². The molecular formula is C20H19ClN4O3S2. The number of carbonyl (C=O) groups excluding carboxylic acids is 2. The number of aromatic nitrogens is 2. The number of ether oxygens (including phenoxy) is 1. The molecular weight excluding hydrogens is 444 g/mol. The lowest BCUT2D eigenvalue weighted by atomic mass is 10.2. The summed E-state index contributed by atoms with van der Waals surface area (Å²) in [6, 6.07) is 14.3. The Morgan fingerprint density at radius 1 is 1.10 bits per heavy atom. The molecule has 0 unspecified atom stereocenters. The second-order valence-corrected chi connectivity index (χ2v) is 8.56. The second kappa shape index (κ2) is 11.0. The van der Waals surface area contributed by atoms with E-state index >= 15 is 0 Å². The number of carbonyl (C=O) groups is 2. The highest BCUT2D eigenvalue weighted by Crippen LogP contribution is 2.19. The summed E-state index contributed by atoms with van der Waals surface area (Å²) in [5, 5.41) is 15.2. The van der Waals surface area contributed by atoms with E-state index in [1.807, 2.05) is 12.1 Å². The number of benzene rings is 2. The third-order valence-electron chi connectivity index (χ3n) is 3.87. The first-order valence-corrected chi connectivity index (χ1v) is 11.2. The molecule has 0 saturated carbocycles.